The number of carbonyl (C=O) groups excluding carboxylic acids is 1. The first-order valence-corrected chi connectivity index (χ1v) is 6.55. The van der Waals surface area contributed by atoms with Crippen LogP contribution in [0, 0.1) is 0 Å². The highest BCUT2D eigenvalue weighted by molar-refractivity contribution is 5.82. The van der Waals surface area contributed by atoms with E-state index in [-0.39, 0.29) is 31.6 Å². The number of rotatable bonds is 4. The third kappa shape index (κ3) is 2.01. The molecule has 112 valence electrons. The largest absolute Gasteiger partial charge is 0.394 e. The van der Waals surface area contributed by atoms with Crippen LogP contribution in [0.15, 0.2) is 12.7 Å². The highest BCUT2D eigenvalue weighted by Gasteiger charge is 2.44. The Kier molecular flexibility index (Phi) is 3.22. The number of amides is 1. The van der Waals surface area contributed by atoms with Crippen LogP contribution in [0.3, 0.4) is 0 Å². The molecule has 0 radical (unpaired) electrons. The number of hydrogen-bond donors (Lipinski definition) is 3. The molecule has 21 heavy (non-hydrogen) atoms. The summed E-state index contributed by atoms with van der Waals surface area (Å²) in [5, 5.41) is 19.1. The maximum atomic E-state index is 12.0. The summed E-state index contributed by atoms with van der Waals surface area (Å²) < 4.78 is 1.65. The summed E-state index contributed by atoms with van der Waals surface area (Å²) in [6.07, 6.45) is 3.56. The molecule has 0 spiro atoms. The van der Waals surface area contributed by atoms with Crippen molar-refractivity contribution in [2.75, 3.05) is 18.9 Å². The number of nitrogens with zero attached hydrogens (tertiary/aromatic N) is 5. The standard InChI is InChI=1S/C12H16N6O3/c13-10-9-11(15-5-14-10)17(6-16-9)7-18-8(21)1-2-12(18,3-19)4-20/h5-6,19-20H,1-4,7H2,(H2,13,14,15). The van der Waals surface area contributed by atoms with Gasteiger partial charge in [0.1, 0.15) is 18.5 Å². The number of carbonyl (C=O) groups is 1. The molecular weight excluding hydrogens is 276 g/mol. The van der Waals surface area contributed by atoms with Crippen molar-refractivity contribution in [3.05, 3.63) is 12.7 Å². The van der Waals surface area contributed by atoms with Crippen molar-refractivity contribution >= 4 is 22.9 Å². The lowest BCUT2D eigenvalue weighted by molar-refractivity contribution is -0.136. The second-order valence-corrected chi connectivity index (χ2v) is 5.15. The van der Waals surface area contributed by atoms with Crippen molar-refractivity contribution in [1.82, 2.24) is 24.4 Å². The minimum atomic E-state index is -0.938. The van der Waals surface area contributed by atoms with Crippen LogP contribution in [0.5, 0.6) is 0 Å². The fourth-order valence-electron chi connectivity index (χ4n) is 2.64. The first-order valence-electron chi connectivity index (χ1n) is 6.55. The summed E-state index contributed by atoms with van der Waals surface area (Å²) in [5.41, 5.74) is 5.75. The van der Waals surface area contributed by atoms with Crippen LogP contribution in [0.25, 0.3) is 11.2 Å². The highest BCUT2D eigenvalue weighted by Crippen LogP contribution is 2.30. The Morgan fingerprint density at radius 1 is 1.29 bits per heavy atom. The van der Waals surface area contributed by atoms with Crippen molar-refractivity contribution in [2.45, 2.75) is 25.0 Å². The number of imidazole rings is 1. The molecule has 0 unspecified atom stereocenters. The molecule has 4 N–H and O–H groups in total. The van der Waals surface area contributed by atoms with Crippen molar-refractivity contribution in [3.63, 3.8) is 0 Å². The van der Waals surface area contributed by atoms with E-state index in [1.807, 2.05) is 0 Å². The predicted octanol–water partition coefficient (Wildman–Crippen LogP) is -1.29. The van der Waals surface area contributed by atoms with Crippen LogP contribution >= 0.6 is 0 Å². The van der Waals surface area contributed by atoms with E-state index in [1.165, 1.54) is 17.6 Å². The SMILES string of the molecule is Nc1ncnc2c1ncn2CN1C(=O)CCC1(CO)CO. The van der Waals surface area contributed by atoms with E-state index in [1.54, 1.807) is 4.57 Å². The average molecular weight is 292 g/mol. The molecule has 3 rings (SSSR count). The molecule has 0 saturated carbocycles. The average Bonchev–Trinajstić information content (AvgIpc) is 3.04. The van der Waals surface area contributed by atoms with Crippen molar-refractivity contribution in [3.8, 4) is 0 Å². The maximum absolute atomic E-state index is 12.0. The Morgan fingerprint density at radius 2 is 2.05 bits per heavy atom. The summed E-state index contributed by atoms with van der Waals surface area (Å²) in [6, 6.07) is 0. The number of nitrogens with two attached hydrogens (primary N) is 1. The number of hydrogen-bond acceptors (Lipinski definition) is 7. The molecule has 3 heterocycles. The van der Waals surface area contributed by atoms with Gasteiger partial charge in [0.25, 0.3) is 0 Å². The lowest BCUT2D eigenvalue weighted by Crippen LogP contribution is -2.51. The number of aromatic nitrogens is 4. The van der Waals surface area contributed by atoms with Gasteiger partial charge in [-0.05, 0) is 6.42 Å². The summed E-state index contributed by atoms with van der Waals surface area (Å²) in [5.74, 6) is 0.143. The Hall–Kier alpha value is -2.26. The second-order valence-electron chi connectivity index (χ2n) is 5.15. The van der Waals surface area contributed by atoms with Gasteiger partial charge in [-0.3, -0.25) is 9.36 Å². The van der Waals surface area contributed by atoms with Crippen molar-refractivity contribution in [2.24, 2.45) is 0 Å². The third-order valence-electron chi connectivity index (χ3n) is 3.99. The second kappa shape index (κ2) is 4.93. The molecule has 9 nitrogen and oxygen atoms in total. The Morgan fingerprint density at radius 3 is 2.76 bits per heavy atom. The van der Waals surface area contributed by atoms with Gasteiger partial charge in [-0.1, -0.05) is 0 Å². The molecule has 0 aromatic carbocycles. The molecule has 0 atom stereocenters. The van der Waals surface area contributed by atoms with E-state index in [0.717, 1.165) is 0 Å². The molecule has 1 amide bonds. The first kappa shape index (κ1) is 13.7. The van der Waals surface area contributed by atoms with Gasteiger partial charge in [-0.2, -0.15) is 0 Å². The number of aliphatic hydroxyl groups excluding tert-OH is 2. The fourth-order valence-corrected chi connectivity index (χ4v) is 2.64. The zero-order valence-corrected chi connectivity index (χ0v) is 11.3. The van der Waals surface area contributed by atoms with Crippen molar-refractivity contribution in [1.29, 1.82) is 0 Å². The third-order valence-corrected chi connectivity index (χ3v) is 3.99. The molecule has 1 saturated heterocycles. The minimum absolute atomic E-state index is 0.123. The van der Waals surface area contributed by atoms with E-state index in [2.05, 4.69) is 15.0 Å². The predicted molar refractivity (Wildman–Crippen MR) is 72.7 cm³/mol. The molecule has 9 heteroatoms. The molecule has 0 bridgehead atoms. The fraction of sp³-hybridized carbons (Fsp3) is 0.500. The van der Waals surface area contributed by atoms with E-state index < -0.39 is 5.54 Å². The van der Waals surface area contributed by atoms with E-state index >= 15 is 0 Å². The van der Waals surface area contributed by atoms with Gasteiger partial charge in [0, 0.05) is 6.42 Å². The minimum Gasteiger partial charge on any atom is -0.394 e. The number of aliphatic hydroxyl groups is 2. The van der Waals surface area contributed by atoms with Gasteiger partial charge in [0.15, 0.2) is 11.5 Å². The number of nitrogen functional groups attached to an aromatic ring is 1. The molecule has 1 aliphatic rings. The van der Waals surface area contributed by atoms with Crippen LogP contribution in [-0.2, 0) is 11.5 Å². The molecule has 1 fully saturated rings. The Balaban J connectivity index is 1.97. The number of anilines is 1. The lowest BCUT2D eigenvalue weighted by atomic mass is 9.99. The highest BCUT2D eigenvalue weighted by atomic mass is 16.3. The normalized spacial score (nSPS) is 17.8. The zero-order chi connectivity index (χ0) is 15.0. The summed E-state index contributed by atoms with van der Waals surface area (Å²) >= 11 is 0. The van der Waals surface area contributed by atoms with Crippen LogP contribution in [0.1, 0.15) is 12.8 Å². The molecule has 2 aromatic rings. The van der Waals surface area contributed by atoms with Crippen LogP contribution in [-0.4, -0.2) is 59.3 Å². The van der Waals surface area contributed by atoms with Gasteiger partial charge >= 0.3 is 0 Å². The molecular formula is C12H16N6O3. The maximum Gasteiger partial charge on any atom is 0.224 e. The van der Waals surface area contributed by atoms with Gasteiger partial charge in [-0.25, -0.2) is 15.0 Å². The van der Waals surface area contributed by atoms with E-state index in [9.17, 15) is 15.0 Å². The van der Waals surface area contributed by atoms with Gasteiger partial charge in [0.05, 0.1) is 25.1 Å². The number of fused-ring (bicyclic) bond motifs is 1. The topological polar surface area (TPSA) is 130 Å². The Labute approximate surface area is 120 Å². The van der Waals surface area contributed by atoms with Gasteiger partial charge in [0.2, 0.25) is 5.91 Å². The summed E-state index contributed by atoms with van der Waals surface area (Å²) in [4.78, 5) is 25.6. The zero-order valence-electron chi connectivity index (χ0n) is 11.3. The first-order chi connectivity index (χ1) is 10.1. The Bertz CT molecular complexity index is 681. The smallest absolute Gasteiger partial charge is 0.224 e. The lowest BCUT2D eigenvalue weighted by Gasteiger charge is -2.35. The van der Waals surface area contributed by atoms with Crippen LogP contribution in [0.2, 0.25) is 0 Å². The summed E-state index contributed by atoms with van der Waals surface area (Å²) in [7, 11) is 0. The van der Waals surface area contributed by atoms with E-state index in [4.69, 9.17) is 5.73 Å². The van der Waals surface area contributed by atoms with Crippen molar-refractivity contribution < 1.29 is 15.0 Å². The van der Waals surface area contributed by atoms with Gasteiger partial charge < -0.3 is 20.8 Å². The van der Waals surface area contributed by atoms with Crippen LogP contribution in [0.4, 0.5) is 5.82 Å². The van der Waals surface area contributed by atoms with E-state index in [0.29, 0.717) is 24.0 Å². The monoisotopic (exact) mass is 292 g/mol. The van der Waals surface area contributed by atoms with Crippen LogP contribution < -0.4 is 5.73 Å². The van der Waals surface area contributed by atoms with Gasteiger partial charge in [-0.15, -0.1) is 0 Å². The summed E-state index contributed by atoms with van der Waals surface area (Å²) in [6.45, 7) is -0.440. The molecule has 2 aromatic heterocycles. The quantitative estimate of drug-likeness (QED) is 0.639. The number of likely N-dealkylation sites (tertiary alicyclic amines) is 1. The molecule has 1 aliphatic heterocycles. The molecule has 0 aliphatic carbocycles.